The van der Waals surface area contributed by atoms with Crippen LogP contribution in [0.1, 0.15) is 22.8 Å². The van der Waals surface area contributed by atoms with Gasteiger partial charge < -0.3 is 0 Å². The predicted molar refractivity (Wildman–Crippen MR) is 61.3 cm³/mol. The summed E-state index contributed by atoms with van der Waals surface area (Å²) in [6.45, 7) is 8.50. The molecule has 2 rings (SSSR count). The lowest BCUT2D eigenvalue weighted by atomic mass is 10.2. The van der Waals surface area contributed by atoms with Crippen LogP contribution >= 0.6 is 0 Å². The number of para-hydroxylation sites is 1. The SMILES string of the molecule is Cc1ccccc1-[n+]1c(C)[nH]c(C)c1C. The maximum absolute atomic E-state index is 3.36. The lowest BCUT2D eigenvalue weighted by molar-refractivity contribution is -0.608. The molecule has 0 bridgehead atoms. The molecule has 0 fully saturated rings. The molecule has 78 valence electrons. The fourth-order valence-electron chi connectivity index (χ4n) is 2.01. The molecular weight excluding hydrogens is 184 g/mol. The fourth-order valence-corrected chi connectivity index (χ4v) is 2.01. The molecule has 15 heavy (non-hydrogen) atoms. The number of nitrogens with one attached hydrogen (secondary N) is 1. The summed E-state index contributed by atoms with van der Waals surface area (Å²) in [6.07, 6.45) is 0. The van der Waals surface area contributed by atoms with Crippen LogP contribution in [0.5, 0.6) is 0 Å². The number of nitrogens with zero attached hydrogens (tertiary/aromatic N) is 1. The van der Waals surface area contributed by atoms with Crippen LogP contribution in [-0.2, 0) is 0 Å². The highest BCUT2D eigenvalue weighted by atomic mass is 15.1. The zero-order valence-corrected chi connectivity index (χ0v) is 9.76. The van der Waals surface area contributed by atoms with Crippen molar-refractivity contribution in [2.24, 2.45) is 0 Å². The third kappa shape index (κ3) is 1.56. The Kier molecular flexibility index (Phi) is 2.35. The summed E-state index contributed by atoms with van der Waals surface area (Å²) in [7, 11) is 0. The lowest BCUT2D eigenvalue weighted by Crippen LogP contribution is -2.35. The van der Waals surface area contributed by atoms with Crippen LogP contribution in [0.4, 0.5) is 0 Å². The van der Waals surface area contributed by atoms with Crippen molar-refractivity contribution >= 4 is 0 Å². The highest BCUT2D eigenvalue weighted by Crippen LogP contribution is 2.10. The van der Waals surface area contributed by atoms with E-state index in [1.807, 2.05) is 0 Å². The minimum Gasteiger partial charge on any atom is -0.245 e. The zero-order valence-electron chi connectivity index (χ0n) is 9.76. The van der Waals surface area contributed by atoms with Crippen LogP contribution < -0.4 is 4.57 Å². The van der Waals surface area contributed by atoms with Crippen molar-refractivity contribution in [1.82, 2.24) is 4.98 Å². The van der Waals surface area contributed by atoms with Gasteiger partial charge in [0.1, 0.15) is 17.1 Å². The number of imidazole rings is 1. The van der Waals surface area contributed by atoms with Crippen LogP contribution in [0.15, 0.2) is 24.3 Å². The molecular formula is C13H17N2+. The first kappa shape index (κ1) is 9.97. The third-order valence-corrected chi connectivity index (χ3v) is 2.94. The Morgan fingerprint density at radius 1 is 1.00 bits per heavy atom. The second-order valence-corrected chi connectivity index (χ2v) is 4.04. The van der Waals surface area contributed by atoms with Gasteiger partial charge in [0.25, 0.3) is 5.82 Å². The minimum atomic E-state index is 1.18. The van der Waals surface area contributed by atoms with Crippen LogP contribution in [-0.4, -0.2) is 4.98 Å². The zero-order chi connectivity index (χ0) is 11.0. The van der Waals surface area contributed by atoms with E-state index in [1.54, 1.807) is 0 Å². The second-order valence-electron chi connectivity index (χ2n) is 4.04. The van der Waals surface area contributed by atoms with Crippen molar-refractivity contribution in [3.05, 3.63) is 47.0 Å². The van der Waals surface area contributed by atoms with Crippen LogP contribution in [0.3, 0.4) is 0 Å². The average Bonchev–Trinajstić information content (AvgIpc) is 2.43. The summed E-state index contributed by atoms with van der Waals surface area (Å²) >= 11 is 0. The Morgan fingerprint density at radius 2 is 1.67 bits per heavy atom. The molecule has 2 nitrogen and oxygen atoms in total. The lowest BCUT2D eigenvalue weighted by Gasteiger charge is -2.03. The van der Waals surface area contributed by atoms with E-state index in [1.165, 1.54) is 28.5 Å². The molecule has 0 atom stereocenters. The first-order chi connectivity index (χ1) is 7.11. The van der Waals surface area contributed by atoms with Gasteiger partial charge in [0, 0.05) is 20.8 Å². The van der Waals surface area contributed by atoms with Gasteiger partial charge in [0.15, 0.2) is 0 Å². The van der Waals surface area contributed by atoms with Gasteiger partial charge in [-0.1, -0.05) is 18.2 Å². The van der Waals surface area contributed by atoms with Gasteiger partial charge in [-0.05, 0) is 18.6 Å². The molecule has 0 aliphatic carbocycles. The molecule has 1 N–H and O–H groups in total. The number of rotatable bonds is 1. The minimum absolute atomic E-state index is 1.18. The van der Waals surface area contributed by atoms with Gasteiger partial charge >= 0.3 is 0 Å². The molecule has 2 heteroatoms. The van der Waals surface area contributed by atoms with Gasteiger partial charge in [0.2, 0.25) is 0 Å². The maximum atomic E-state index is 3.36. The summed E-state index contributed by atoms with van der Waals surface area (Å²) in [5, 5.41) is 0. The van der Waals surface area contributed by atoms with Crippen molar-refractivity contribution in [1.29, 1.82) is 0 Å². The molecule has 1 aromatic heterocycles. The van der Waals surface area contributed by atoms with Gasteiger partial charge in [-0.15, -0.1) is 0 Å². The van der Waals surface area contributed by atoms with Crippen molar-refractivity contribution in [3.63, 3.8) is 0 Å². The van der Waals surface area contributed by atoms with E-state index in [9.17, 15) is 0 Å². The van der Waals surface area contributed by atoms with Gasteiger partial charge in [-0.3, -0.25) is 0 Å². The summed E-state index contributed by atoms with van der Waals surface area (Å²) in [5.41, 5.74) is 5.07. The second kappa shape index (κ2) is 3.54. The first-order valence-electron chi connectivity index (χ1n) is 5.25. The Bertz CT molecular complexity index is 495. The van der Waals surface area contributed by atoms with Crippen molar-refractivity contribution in [2.75, 3.05) is 0 Å². The summed E-state index contributed by atoms with van der Waals surface area (Å²) < 4.78 is 2.27. The van der Waals surface area contributed by atoms with E-state index in [-0.39, 0.29) is 0 Å². The monoisotopic (exact) mass is 201 g/mol. The molecule has 2 aromatic rings. The molecule has 0 aliphatic rings. The first-order valence-corrected chi connectivity index (χ1v) is 5.25. The number of aromatic amines is 1. The van der Waals surface area contributed by atoms with Crippen LogP contribution in [0.2, 0.25) is 0 Å². The number of hydrogen-bond donors (Lipinski definition) is 1. The molecule has 0 spiro atoms. The van der Waals surface area contributed by atoms with Crippen LogP contribution in [0.25, 0.3) is 5.69 Å². The topological polar surface area (TPSA) is 19.7 Å². The smallest absolute Gasteiger partial charge is 0.245 e. The van der Waals surface area contributed by atoms with Gasteiger partial charge in [-0.2, -0.15) is 4.57 Å². The molecule has 1 aromatic carbocycles. The molecule has 0 saturated heterocycles. The average molecular weight is 201 g/mol. The van der Waals surface area contributed by atoms with Crippen molar-refractivity contribution < 1.29 is 4.57 Å². The standard InChI is InChI=1S/C13H16N2/c1-9-7-5-6-8-13(9)15-11(3)10(2)14-12(15)4/h5-8H,1-4H3/p+1. The number of aromatic nitrogens is 2. The quantitative estimate of drug-likeness (QED) is 0.684. The van der Waals surface area contributed by atoms with E-state index in [2.05, 4.69) is 61.5 Å². The molecule has 0 unspecified atom stereocenters. The Labute approximate surface area is 90.6 Å². The van der Waals surface area contributed by atoms with E-state index in [0.717, 1.165) is 0 Å². The molecule has 0 amide bonds. The van der Waals surface area contributed by atoms with Gasteiger partial charge in [0.05, 0.1) is 0 Å². The molecule has 0 aliphatic heterocycles. The molecule has 0 saturated carbocycles. The fraction of sp³-hybridized carbons (Fsp3) is 0.308. The third-order valence-electron chi connectivity index (χ3n) is 2.94. The van der Waals surface area contributed by atoms with E-state index < -0.39 is 0 Å². The molecule has 1 heterocycles. The highest BCUT2D eigenvalue weighted by molar-refractivity contribution is 5.33. The van der Waals surface area contributed by atoms with Crippen LogP contribution in [0, 0.1) is 27.7 Å². The number of aryl methyl sites for hydroxylation is 3. The largest absolute Gasteiger partial charge is 0.256 e. The predicted octanol–water partition coefficient (Wildman–Crippen LogP) is 2.53. The van der Waals surface area contributed by atoms with E-state index >= 15 is 0 Å². The van der Waals surface area contributed by atoms with E-state index in [0.29, 0.717) is 0 Å². The van der Waals surface area contributed by atoms with Crippen molar-refractivity contribution in [2.45, 2.75) is 27.7 Å². The summed E-state index contributed by atoms with van der Waals surface area (Å²) in [4.78, 5) is 3.36. The maximum Gasteiger partial charge on any atom is 0.256 e. The van der Waals surface area contributed by atoms with E-state index in [4.69, 9.17) is 0 Å². The highest BCUT2D eigenvalue weighted by Gasteiger charge is 2.17. The Hall–Kier alpha value is -1.57. The number of benzene rings is 1. The Balaban J connectivity index is 2.69. The summed E-state index contributed by atoms with van der Waals surface area (Å²) in [5.74, 6) is 1.18. The summed E-state index contributed by atoms with van der Waals surface area (Å²) in [6, 6.07) is 8.45. The molecule has 0 radical (unpaired) electrons. The van der Waals surface area contributed by atoms with Gasteiger partial charge in [-0.25, -0.2) is 4.98 Å². The van der Waals surface area contributed by atoms with Crippen molar-refractivity contribution in [3.8, 4) is 5.69 Å². The number of H-pyrrole nitrogens is 1. The Morgan fingerprint density at radius 3 is 2.20 bits per heavy atom. The number of hydrogen-bond acceptors (Lipinski definition) is 0. The normalized spacial score (nSPS) is 10.7.